The molecule has 0 aliphatic rings. The Bertz CT molecular complexity index is 422. The maximum atomic E-state index is 11.6. The first-order valence-electron chi connectivity index (χ1n) is 6.52. The van der Waals surface area contributed by atoms with Crippen LogP contribution in [0.25, 0.3) is 0 Å². The highest BCUT2D eigenvalue weighted by Crippen LogP contribution is 2.02. The van der Waals surface area contributed by atoms with E-state index in [9.17, 15) is 14.7 Å². The number of benzene rings is 1. The summed E-state index contributed by atoms with van der Waals surface area (Å²) in [6, 6.07) is 8.79. The Morgan fingerprint density at radius 1 is 1.20 bits per heavy atom. The molecule has 0 aliphatic heterocycles. The molecule has 0 aromatic heterocycles. The number of carboxylic acid groups (broad SMARTS) is 1. The predicted octanol–water partition coefficient (Wildman–Crippen LogP) is 0.754. The van der Waals surface area contributed by atoms with E-state index in [0.29, 0.717) is 19.4 Å². The van der Waals surface area contributed by atoms with Gasteiger partial charge in [-0.1, -0.05) is 30.3 Å². The Morgan fingerprint density at radius 2 is 1.90 bits per heavy atom. The molecule has 0 aliphatic carbocycles. The van der Waals surface area contributed by atoms with Crippen molar-refractivity contribution in [3.8, 4) is 0 Å². The lowest BCUT2D eigenvalue weighted by Crippen LogP contribution is -2.45. The smallest absolute Gasteiger partial charge is 0.315 e. The van der Waals surface area contributed by atoms with Crippen LogP contribution in [0.1, 0.15) is 18.4 Å². The first-order valence-corrected chi connectivity index (χ1v) is 6.52. The number of rotatable bonds is 8. The maximum absolute atomic E-state index is 11.6. The van der Waals surface area contributed by atoms with Crippen LogP contribution in [0.5, 0.6) is 0 Å². The molecule has 20 heavy (non-hydrogen) atoms. The molecule has 0 saturated carbocycles. The summed E-state index contributed by atoms with van der Waals surface area (Å²) >= 11 is 0. The minimum atomic E-state index is -0.885. The van der Waals surface area contributed by atoms with E-state index >= 15 is 0 Å². The van der Waals surface area contributed by atoms with Crippen molar-refractivity contribution in [2.24, 2.45) is 0 Å². The fourth-order valence-electron chi connectivity index (χ4n) is 1.74. The number of hydrogen-bond donors (Lipinski definition) is 4. The number of hydrogen-bond acceptors (Lipinski definition) is 3. The molecule has 0 spiro atoms. The van der Waals surface area contributed by atoms with E-state index in [1.54, 1.807) is 0 Å². The molecule has 1 aromatic rings. The van der Waals surface area contributed by atoms with Crippen molar-refractivity contribution in [3.05, 3.63) is 35.9 Å². The lowest BCUT2D eigenvalue weighted by molar-refractivity contribution is -0.137. The van der Waals surface area contributed by atoms with Crippen molar-refractivity contribution in [3.63, 3.8) is 0 Å². The average molecular weight is 280 g/mol. The van der Waals surface area contributed by atoms with E-state index in [1.807, 2.05) is 30.3 Å². The summed E-state index contributed by atoms with van der Waals surface area (Å²) in [6.07, 6.45) is 0.943. The van der Waals surface area contributed by atoms with Crippen LogP contribution in [0, 0.1) is 0 Å². The molecule has 0 fully saturated rings. The highest BCUT2D eigenvalue weighted by Gasteiger charge is 2.11. The number of aliphatic hydroxyl groups is 1. The van der Waals surface area contributed by atoms with Crippen molar-refractivity contribution in [2.45, 2.75) is 25.3 Å². The molecule has 6 heteroatoms. The predicted molar refractivity (Wildman–Crippen MR) is 74.4 cm³/mol. The molecular formula is C14H20N2O4. The van der Waals surface area contributed by atoms with Gasteiger partial charge in [0.2, 0.25) is 0 Å². The first kappa shape index (κ1) is 16.0. The summed E-state index contributed by atoms with van der Waals surface area (Å²) in [5.41, 5.74) is 1.03. The molecule has 6 nitrogen and oxygen atoms in total. The van der Waals surface area contributed by atoms with Crippen LogP contribution in [0.3, 0.4) is 0 Å². The number of urea groups is 1. The first-order chi connectivity index (χ1) is 9.61. The van der Waals surface area contributed by atoms with E-state index in [4.69, 9.17) is 5.11 Å². The summed E-state index contributed by atoms with van der Waals surface area (Å²) in [4.78, 5) is 21.9. The Labute approximate surface area is 117 Å². The van der Waals surface area contributed by atoms with Gasteiger partial charge in [-0.3, -0.25) is 4.79 Å². The van der Waals surface area contributed by atoms with Crippen molar-refractivity contribution in [2.75, 3.05) is 13.2 Å². The fourth-order valence-corrected chi connectivity index (χ4v) is 1.74. The second kappa shape index (κ2) is 8.92. The van der Waals surface area contributed by atoms with E-state index < -0.39 is 12.0 Å². The van der Waals surface area contributed by atoms with Gasteiger partial charge in [-0.05, 0) is 18.4 Å². The van der Waals surface area contributed by atoms with Gasteiger partial charge in [0, 0.05) is 13.0 Å². The molecule has 110 valence electrons. The monoisotopic (exact) mass is 280 g/mol. The van der Waals surface area contributed by atoms with Crippen LogP contribution in [-0.2, 0) is 11.2 Å². The zero-order chi connectivity index (χ0) is 14.8. The van der Waals surface area contributed by atoms with Gasteiger partial charge in [0.05, 0.1) is 12.6 Å². The lowest BCUT2D eigenvalue weighted by atomic mass is 10.1. The number of nitrogens with one attached hydrogen (secondary N) is 2. The van der Waals surface area contributed by atoms with Crippen LogP contribution >= 0.6 is 0 Å². The number of amides is 2. The van der Waals surface area contributed by atoms with E-state index in [1.165, 1.54) is 0 Å². The topological polar surface area (TPSA) is 98.7 Å². The summed E-state index contributed by atoms with van der Waals surface area (Å²) < 4.78 is 0. The van der Waals surface area contributed by atoms with Crippen LogP contribution in [0.2, 0.25) is 0 Å². The Balaban J connectivity index is 2.29. The normalized spacial score (nSPS) is 11.7. The Kier molecular flexibility index (Phi) is 7.13. The average Bonchev–Trinajstić information content (AvgIpc) is 2.44. The number of aliphatic carboxylic acids is 1. The zero-order valence-electron chi connectivity index (χ0n) is 11.2. The van der Waals surface area contributed by atoms with E-state index in [2.05, 4.69) is 10.6 Å². The Morgan fingerprint density at radius 3 is 2.50 bits per heavy atom. The van der Waals surface area contributed by atoms with Crippen molar-refractivity contribution in [1.82, 2.24) is 10.6 Å². The van der Waals surface area contributed by atoms with Gasteiger partial charge in [-0.15, -0.1) is 0 Å². The number of carbonyl (C=O) groups excluding carboxylic acids is 1. The molecule has 0 unspecified atom stereocenters. The largest absolute Gasteiger partial charge is 0.481 e. The number of aliphatic hydroxyl groups excluding tert-OH is 1. The summed E-state index contributed by atoms with van der Waals surface area (Å²) in [6.45, 7) is 0.138. The lowest BCUT2D eigenvalue weighted by Gasteiger charge is -2.16. The van der Waals surface area contributed by atoms with Gasteiger partial charge in [0.15, 0.2) is 0 Å². The third-order valence-corrected chi connectivity index (χ3v) is 2.73. The van der Waals surface area contributed by atoms with Crippen LogP contribution < -0.4 is 10.6 Å². The minimum absolute atomic E-state index is 0.0216. The Hall–Kier alpha value is -2.08. The van der Waals surface area contributed by atoms with Gasteiger partial charge in [0.1, 0.15) is 0 Å². The minimum Gasteiger partial charge on any atom is -0.481 e. The summed E-state index contributed by atoms with van der Waals surface area (Å²) in [5.74, 6) is -0.885. The third-order valence-electron chi connectivity index (χ3n) is 2.73. The van der Waals surface area contributed by atoms with Gasteiger partial charge >= 0.3 is 12.0 Å². The molecule has 1 aromatic carbocycles. The molecular weight excluding hydrogens is 260 g/mol. The SMILES string of the molecule is O=C(O)CCCNC(=O)N[C@H](CO)Cc1ccccc1. The van der Waals surface area contributed by atoms with Crippen LogP contribution in [-0.4, -0.2) is 41.4 Å². The van der Waals surface area contributed by atoms with Crippen molar-refractivity contribution in [1.29, 1.82) is 0 Å². The molecule has 0 radical (unpaired) electrons. The highest BCUT2D eigenvalue weighted by molar-refractivity contribution is 5.74. The summed E-state index contributed by atoms with van der Waals surface area (Å²) in [5, 5.41) is 22.9. The molecule has 1 rings (SSSR count). The second-order valence-electron chi connectivity index (χ2n) is 4.47. The molecule has 1 atom stereocenters. The number of carbonyl (C=O) groups is 2. The van der Waals surface area contributed by atoms with Crippen molar-refractivity contribution < 1.29 is 19.8 Å². The number of carboxylic acids is 1. The molecule has 4 N–H and O–H groups in total. The second-order valence-corrected chi connectivity index (χ2v) is 4.47. The van der Waals surface area contributed by atoms with E-state index in [0.717, 1.165) is 5.56 Å². The van der Waals surface area contributed by atoms with Gasteiger partial charge in [-0.25, -0.2) is 4.79 Å². The maximum Gasteiger partial charge on any atom is 0.315 e. The third kappa shape index (κ3) is 6.75. The van der Waals surface area contributed by atoms with Crippen LogP contribution in [0.15, 0.2) is 30.3 Å². The van der Waals surface area contributed by atoms with Crippen molar-refractivity contribution >= 4 is 12.0 Å². The van der Waals surface area contributed by atoms with Crippen LogP contribution in [0.4, 0.5) is 4.79 Å². The highest BCUT2D eigenvalue weighted by atomic mass is 16.4. The standard InChI is InChI=1S/C14H20N2O4/c17-10-12(9-11-5-2-1-3-6-11)16-14(20)15-8-4-7-13(18)19/h1-3,5-6,12,17H,4,7-10H2,(H,18,19)(H2,15,16,20)/t12-/m0/s1. The molecule has 0 saturated heterocycles. The molecule has 2 amide bonds. The van der Waals surface area contributed by atoms with E-state index in [-0.39, 0.29) is 19.1 Å². The fraction of sp³-hybridized carbons (Fsp3) is 0.429. The molecule has 0 bridgehead atoms. The molecule has 0 heterocycles. The van der Waals surface area contributed by atoms with Gasteiger partial charge < -0.3 is 20.8 Å². The summed E-state index contributed by atoms with van der Waals surface area (Å²) in [7, 11) is 0. The van der Waals surface area contributed by atoms with Gasteiger partial charge in [0.25, 0.3) is 0 Å². The quantitative estimate of drug-likeness (QED) is 0.528. The van der Waals surface area contributed by atoms with Gasteiger partial charge in [-0.2, -0.15) is 0 Å². The zero-order valence-corrected chi connectivity index (χ0v) is 11.2.